The average molecular weight is 351 g/mol. The Balaban J connectivity index is 1.99. The molecule has 3 heterocycles. The van der Waals surface area contributed by atoms with E-state index in [1.54, 1.807) is 0 Å². The summed E-state index contributed by atoms with van der Waals surface area (Å²) in [6.45, 7) is 0.889. The summed E-state index contributed by atoms with van der Waals surface area (Å²) in [6, 6.07) is 5.73. The minimum absolute atomic E-state index is 0.0475. The normalized spacial score (nSPS) is 22.3. The fourth-order valence-electron chi connectivity index (χ4n) is 3.04. The lowest BCUT2D eigenvalue weighted by atomic mass is 9.79. The Hall–Kier alpha value is -2.02. The first-order valence-electron chi connectivity index (χ1n) is 6.55. The van der Waals surface area contributed by atoms with Crippen LogP contribution in [0.5, 0.6) is 11.6 Å². The van der Waals surface area contributed by atoms with Gasteiger partial charge in [0.1, 0.15) is 5.75 Å². The van der Waals surface area contributed by atoms with Gasteiger partial charge in [-0.25, -0.2) is 4.79 Å². The lowest BCUT2D eigenvalue weighted by Gasteiger charge is -2.37. The van der Waals surface area contributed by atoms with E-state index < -0.39 is 11.2 Å². The van der Waals surface area contributed by atoms with Crippen molar-refractivity contribution in [3.05, 3.63) is 54.6 Å². The third-order valence-corrected chi connectivity index (χ3v) is 4.42. The van der Waals surface area contributed by atoms with E-state index in [1.807, 2.05) is 18.2 Å². The highest BCUT2D eigenvalue weighted by Gasteiger charge is 2.40. The van der Waals surface area contributed by atoms with Gasteiger partial charge >= 0.3 is 5.69 Å². The van der Waals surface area contributed by atoms with E-state index in [1.165, 1.54) is 0 Å². The molecule has 0 bridgehead atoms. The van der Waals surface area contributed by atoms with Crippen molar-refractivity contribution < 1.29 is 9.47 Å². The van der Waals surface area contributed by atoms with Crippen molar-refractivity contribution in [3.63, 3.8) is 0 Å². The smallest absolute Gasteiger partial charge is 0.328 e. The quantitative estimate of drug-likeness (QED) is 0.751. The van der Waals surface area contributed by atoms with Gasteiger partial charge in [0.05, 0.1) is 18.8 Å². The monoisotopic (exact) mass is 350 g/mol. The molecule has 108 valence electrons. The maximum Gasteiger partial charge on any atom is 0.328 e. The molecular weight excluding hydrogens is 340 g/mol. The first-order chi connectivity index (χ1) is 10.1. The number of hydrogen-bond donors (Lipinski definition) is 2. The van der Waals surface area contributed by atoms with E-state index in [2.05, 4.69) is 25.9 Å². The van der Waals surface area contributed by atoms with Crippen LogP contribution in [0.3, 0.4) is 0 Å². The van der Waals surface area contributed by atoms with Crippen LogP contribution in [0.2, 0.25) is 0 Å². The molecule has 0 fully saturated rings. The van der Waals surface area contributed by atoms with Gasteiger partial charge in [0, 0.05) is 21.9 Å². The van der Waals surface area contributed by atoms with Crippen LogP contribution < -0.4 is 20.7 Å². The molecule has 2 aromatic rings. The minimum Gasteiger partial charge on any atom is -0.493 e. The van der Waals surface area contributed by atoms with Crippen LogP contribution in [0.4, 0.5) is 0 Å². The number of fused-ring (bicyclic) bond motifs is 5. The van der Waals surface area contributed by atoms with Crippen LogP contribution in [0.15, 0.2) is 32.3 Å². The number of aromatic amines is 2. The molecule has 0 saturated carbocycles. The third-order valence-electron chi connectivity index (χ3n) is 3.93. The maximum absolute atomic E-state index is 12.2. The Labute approximate surface area is 127 Å². The summed E-state index contributed by atoms with van der Waals surface area (Å²) in [4.78, 5) is 28.5. The second kappa shape index (κ2) is 4.49. The zero-order chi connectivity index (χ0) is 14.6. The molecule has 0 spiro atoms. The number of H-pyrrole nitrogens is 2. The van der Waals surface area contributed by atoms with Crippen LogP contribution in [0, 0.1) is 5.92 Å². The summed E-state index contributed by atoms with van der Waals surface area (Å²) in [6.07, 6.45) is 0. The number of ether oxygens (including phenoxy) is 2. The fourth-order valence-corrected chi connectivity index (χ4v) is 3.42. The zero-order valence-corrected chi connectivity index (χ0v) is 12.4. The molecule has 2 aliphatic heterocycles. The Kier molecular flexibility index (Phi) is 2.72. The first-order valence-corrected chi connectivity index (χ1v) is 7.34. The van der Waals surface area contributed by atoms with Crippen molar-refractivity contribution in [2.45, 2.75) is 5.92 Å². The average Bonchev–Trinajstić information content (AvgIpc) is 2.46. The molecule has 0 aliphatic carbocycles. The van der Waals surface area contributed by atoms with E-state index in [9.17, 15) is 9.59 Å². The second-order valence-corrected chi connectivity index (χ2v) is 6.11. The van der Waals surface area contributed by atoms with Crippen molar-refractivity contribution in [1.29, 1.82) is 0 Å². The highest BCUT2D eigenvalue weighted by atomic mass is 79.9. The van der Waals surface area contributed by atoms with Crippen molar-refractivity contribution >= 4 is 15.9 Å². The third kappa shape index (κ3) is 1.91. The van der Waals surface area contributed by atoms with Crippen molar-refractivity contribution in [2.24, 2.45) is 5.92 Å². The predicted molar refractivity (Wildman–Crippen MR) is 78.1 cm³/mol. The summed E-state index contributed by atoms with van der Waals surface area (Å²) >= 11 is 3.45. The lowest BCUT2D eigenvalue weighted by Crippen LogP contribution is -2.40. The summed E-state index contributed by atoms with van der Waals surface area (Å²) in [5.74, 6) is 0.928. The van der Waals surface area contributed by atoms with E-state index in [0.717, 1.165) is 15.8 Å². The van der Waals surface area contributed by atoms with Gasteiger partial charge in [-0.05, 0) is 18.2 Å². The van der Waals surface area contributed by atoms with Gasteiger partial charge in [-0.15, -0.1) is 0 Å². The predicted octanol–water partition coefficient (Wildman–Crippen LogP) is 1.36. The van der Waals surface area contributed by atoms with Crippen LogP contribution in [0.1, 0.15) is 17.0 Å². The van der Waals surface area contributed by atoms with E-state index >= 15 is 0 Å². The maximum atomic E-state index is 12.2. The van der Waals surface area contributed by atoms with Crippen LogP contribution in [0.25, 0.3) is 0 Å². The summed E-state index contributed by atoms with van der Waals surface area (Å²) in [5, 5.41) is 0. The molecule has 21 heavy (non-hydrogen) atoms. The zero-order valence-electron chi connectivity index (χ0n) is 10.8. The number of benzene rings is 1. The summed E-state index contributed by atoms with van der Waals surface area (Å²) in [5.41, 5.74) is 0.436. The highest BCUT2D eigenvalue weighted by Crippen LogP contribution is 2.45. The standard InChI is InChI=1S/C14H11BrN2O4/c15-7-1-2-9-8(3-7)10-6(4-20-9)5-21-13-11(10)12(18)16-14(19)17-13/h1-3,6,10H,4-5H2,(H2,16,17,18,19). The number of rotatable bonds is 0. The number of hydrogen-bond acceptors (Lipinski definition) is 4. The van der Waals surface area contributed by atoms with E-state index in [-0.39, 0.29) is 17.7 Å². The summed E-state index contributed by atoms with van der Waals surface area (Å²) < 4.78 is 12.2. The molecule has 7 heteroatoms. The number of aromatic nitrogens is 2. The Morgan fingerprint density at radius 2 is 1.95 bits per heavy atom. The van der Waals surface area contributed by atoms with E-state index in [0.29, 0.717) is 18.8 Å². The second-order valence-electron chi connectivity index (χ2n) is 5.19. The molecule has 2 aliphatic rings. The minimum atomic E-state index is -0.557. The van der Waals surface area contributed by atoms with Gasteiger partial charge in [-0.2, -0.15) is 0 Å². The topological polar surface area (TPSA) is 84.2 Å². The van der Waals surface area contributed by atoms with Crippen molar-refractivity contribution in [1.82, 2.24) is 9.97 Å². The molecule has 0 saturated heterocycles. The van der Waals surface area contributed by atoms with Crippen molar-refractivity contribution in [2.75, 3.05) is 13.2 Å². The molecule has 0 amide bonds. The molecule has 2 N–H and O–H groups in total. The van der Waals surface area contributed by atoms with Gasteiger partial charge < -0.3 is 9.47 Å². The fraction of sp³-hybridized carbons (Fsp3) is 0.286. The van der Waals surface area contributed by atoms with Crippen LogP contribution in [-0.4, -0.2) is 23.2 Å². The van der Waals surface area contributed by atoms with Crippen LogP contribution in [-0.2, 0) is 0 Å². The molecule has 2 atom stereocenters. The molecular formula is C14H11BrN2O4. The van der Waals surface area contributed by atoms with Gasteiger partial charge in [0.2, 0.25) is 5.88 Å². The largest absolute Gasteiger partial charge is 0.493 e. The Morgan fingerprint density at radius 1 is 1.14 bits per heavy atom. The molecule has 1 aromatic carbocycles. The molecule has 6 nitrogen and oxygen atoms in total. The molecule has 0 radical (unpaired) electrons. The van der Waals surface area contributed by atoms with E-state index in [4.69, 9.17) is 9.47 Å². The van der Waals surface area contributed by atoms with Gasteiger partial charge in [-0.3, -0.25) is 14.8 Å². The molecule has 2 unspecified atom stereocenters. The van der Waals surface area contributed by atoms with Gasteiger partial charge in [0.25, 0.3) is 5.56 Å². The Bertz CT molecular complexity index is 842. The molecule has 4 rings (SSSR count). The van der Waals surface area contributed by atoms with Crippen molar-refractivity contribution in [3.8, 4) is 11.6 Å². The highest BCUT2D eigenvalue weighted by molar-refractivity contribution is 9.10. The number of nitrogens with one attached hydrogen (secondary N) is 2. The first kappa shape index (κ1) is 12.7. The summed E-state index contributed by atoms with van der Waals surface area (Å²) in [7, 11) is 0. The molecule has 1 aromatic heterocycles. The number of halogens is 1. The lowest BCUT2D eigenvalue weighted by molar-refractivity contribution is 0.121. The van der Waals surface area contributed by atoms with Crippen LogP contribution >= 0.6 is 15.9 Å². The van der Waals surface area contributed by atoms with Gasteiger partial charge in [-0.1, -0.05) is 15.9 Å². The SMILES string of the molecule is O=c1[nH]c2c(c(=O)[nH]1)C1c3cc(Br)ccc3OCC1CO2. The van der Waals surface area contributed by atoms with Gasteiger partial charge in [0.15, 0.2) is 0 Å². The Morgan fingerprint density at radius 3 is 2.81 bits per heavy atom.